The van der Waals surface area contributed by atoms with Gasteiger partial charge in [-0.2, -0.15) is 0 Å². The minimum Gasteiger partial charge on any atom is -0.504 e. The summed E-state index contributed by atoms with van der Waals surface area (Å²) < 4.78 is 5.06. The second-order valence-electron chi connectivity index (χ2n) is 8.90. The molecule has 0 fully saturated rings. The van der Waals surface area contributed by atoms with Crippen LogP contribution in [0.15, 0.2) is 103 Å². The highest BCUT2D eigenvalue weighted by molar-refractivity contribution is 6.13. The predicted octanol–water partition coefficient (Wildman–Crippen LogP) is 6.04. The maximum absolute atomic E-state index is 13.5. The van der Waals surface area contributed by atoms with Crippen LogP contribution in [-0.4, -0.2) is 36.1 Å². The van der Waals surface area contributed by atoms with Gasteiger partial charge in [-0.3, -0.25) is 14.4 Å². The number of hydrogen-bond acceptors (Lipinski definition) is 7. The minimum absolute atomic E-state index is 0.00449. The third-order valence-corrected chi connectivity index (χ3v) is 5.92. The number of carbonyl (C=O) groups excluding carboxylic acids is 3. The van der Waals surface area contributed by atoms with Gasteiger partial charge in [0.15, 0.2) is 23.1 Å². The molecule has 0 heterocycles. The first-order valence-electron chi connectivity index (χ1n) is 13.5. The largest absolute Gasteiger partial charge is 0.504 e. The van der Waals surface area contributed by atoms with Crippen LogP contribution in [0.25, 0.3) is 6.08 Å². The summed E-state index contributed by atoms with van der Waals surface area (Å²) in [4.78, 5) is 38.8. The molecule has 0 saturated carbocycles. The molecule has 0 amide bonds. The van der Waals surface area contributed by atoms with E-state index in [1.807, 2.05) is 63.3 Å². The van der Waals surface area contributed by atoms with Gasteiger partial charge in [0.05, 0.1) is 13.7 Å². The molecule has 2 aromatic carbocycles. The molecule has 2 aromatic rings. The van der Waals surface area contributed by atoms with Crippen LogP contribution in [0.2, 0.25) is 0 Å². The first-order chi connectivity index (χ1) is 19.7. The van der Waals surface area contributed by atoms with Crippen molar-refractivity contribution in [1.29, 1.82) is 0 Å². The summed E-state index contributed by atoms with van der Waals surface area (Å²) in [7, 11) is 1.44. The summed E-state index contributed by atoms with van der Waals surface area (Å²) in [5.41, 5.74) is 8.51. The number of Topliss-reactive ketones (excluding diaryl/α,β-unsaturated/α-hetero) is 1. The van der Waals surface area contributed by atoms with Crippen LogP contribution < -0.4 is 15.8 Å². The van der Waals surface area contributed by atoms with Crippen molar-refractivity contribution in [3.05, 3.63) is 114 Å². The molecule has 4 N–H and O–H groups in total. The lowest BCUT2D eigenvalue weighted by molar-refractivity contribution is -0.129. The van der Waals surface area contributed by atoms with E-state index in [2.05, 4.69) is 11.9 Å². The van der Waals surface area contributed by atoms with Crippen molar-refractivity contribution in [1.82, 2.24) is 5.32 Å². The highest BCUT2D eigenvalue weighted by Gasteiger charge is 2.33. The van der Waals surface area contributed by atoms with Crippen molar-refractivity contribution in [3.63, 3.8) is 0 Å². The fraction of sp³-hybridized carbons (Fsp3) is 0.265. The Morgan fingerprint density at radius 3 is 2.22 bits per heavy atom. The maximum Gasteiger partial charge on any atom is 0.168 e. The molecule has 2 unspecified atom stereocenters. The molecular weight excluding hydrogens is 516 g/mol. The zero-order valence-electron chi connectivity index (χ0n) is 24.6. The number of allylic oxidation sites excluding steroid dienone is 7. The second-order valence-corrected chi connectivity index (χ2v) is 8.90. The first kappa shape index (κ1) is 34.5. The zero-order chi connectivity index (χ0) is 30.8. The lowest BCUT2D eigenvalue weighted by Gasteiger charge is -2.25. The van der Waals surface area contributed by atoms with Crippen molar-refractivity contribution in [2.24, 2.45) is 11.7 Å². The lowest BCUT2D eigenvalue weighted by atomic mass is 9.85. The average Bonchev–Trinajstić information content (AvgIpc) is 2.98. The fourth-order valence-corrected chi connectivity index (χ4v) is 3.77. The molecule has 0 spiro atoms. The molecule has 2 rings (SSSR count). The number of benzene rings is 2. The quantitative estimate of drug-likeness (QED) is 0.139. The topological polar surface area (TPSA) is 119 Å². The third kappa shape index (κ3) is 11.6. The summed E-state index contributed by atoms with van der Waals surface area (Å²) in [6, 6.07) is 13.1. The van der Waals surface area contributed by atoms with Gasteiger partial charge in [0.25, 0.3) is 0 Å². The number of ketones is 3. The Labute approximate surface area is 243 Å². The number of rotatable bonds is 15. The molecule has 0 bridgehead atoms. The molecular formula is C34H42N2O5. The molecule has 218 valence electrons. The normalized spacial score (nSPS) is 13.3. The number of aromatic hydroxyl groups is 1. The molecule has 0 aliphatic heterocycles. The summed E-state index contributed by atoms with van der Waals surface area (Å²) in [6.45, 7) is 10.9. The van der Waals surface area contributed by atoms with Crippen LogP contribution in [0.5, 0.6) is 11.5 Å². The van der Waals surface area contributed by atoms with E-state index in [0.29, 0.717) is 29.0 Å². The number of nitrogens with one attached hydrogen (secondary N) is 1. The van der Waals surface area contributed by atoms with E-state index in [1.165, 1.54) is 38.3 Å². The van der Waals surface area contributed by atoms with Crippen LogP contribution in [0.4, 0.5) is 0 Å². The van der Waals surface area contributed by atoms with Gasteiger partial charge in [0, 0.05) is 11.7 Å². The van der Waals surface area contributed by atoms with Crippen molar-refractivity contribution in [2.45, 2.75) is 40.2 Å². The number of phenols is 1. The smallest absolute Gasteiger partial charge is 0.168 e. The highest BCUT2D eigenvalue weighted by atomic mass is 16.5. The van der Waals surface area contributed by atoms with Crippen molar-refractivity contribution < 1.29 is 24.2 Å². The Morgan fingerprint density at radius 1 is 1.00 bits per heavy atom. The van der Waals surface area contributed by atoms with Gasteiger partial charge in [-0.25, -0.2) is 0 Å². The first-order valence-corrected chi connectivity index (χ1v) is 13.5. The van der Waals surface area contributed by atoms with E-state index < -0.39 is 23.5 Å². The van der Waals surface area contributed by atoms with E-state index in [-0.39, 0.29) is 18.1 Å². The van der Waals surface area contributed by atoms with Gasteiger partial charge in [-0.1, -0.05) is 81.1 Å². The van der Waals surface area contributed by atoms with Gasteiger partial charge in [-0.15, -0.1) is 0 Å². The van der Waals surface area contributed by atoms with E-state index >= 15 is 0 Å². The Kier molecular flexibility index (Phi) is 15.8. The molecule has 7 heteroatoms. The molecule has 41 heavy (non-hydrogen) atoms. The van der Waals surface area contributed by atoms with E-state index in [4.69, 9.17) is 10.5 Å². The number of nitrogens with two attached hydrogens (primary N) is 1. The summed E-state index contributed by atoms with van der Waals surface area (Å²) in [5, 5.41) is 13.2. The van der Waals surface area contributed by atoms with Crippen LogP contribution in [0.3, 0.4) is 0 Å². The summed E-state index contributed by atoms with van der Waals surface area (Å²) in [6.07, 6.45) is 11.6. The lowest BCUT2D eigenvalue weighted by Crippen LogP contribution is -2.38. The third-order valence-electron chi connectivity index (χ3n) is 5.92. The number of ether oxygens (including phenoxy) is 1. The van der Waals surface area contributed by atoms with Gasteiger partial charge in [0.2, 0.25) is 0 Å². The van der Waals surface area contributed by atoms with Gasteiger partial charge < -0.3 is 20.9 Å². The van der Waals surface area contributed by atoms with E-state index in [0.717, 1.165) is 5.57 Å². The zero-order valence-corrected chi connectivity index (χ0v) is 24.6. The monoisotopic (exact) mass is 558 g/mol. The van der Waals surface area contributed by atoms with Crippen molar-refractivity contribution in [2.75, 3.05) is 13.7 Å². The number of hydrogen-bond donors (Lipinski definition) is 3. The molecule has 0 aliphatic carbocycles. The van der Waals surface area contributed by atoms with Crippen molar-refractivity contribution >= 4 is 23.4 Å². The second kappa shape index (κ2) is 18.7. The van der Waals surface area contributed by atoms with Crippen LogP contribution in [0, 0.1) is 5.92 Å². The fourth-order valence-electron chi connectivity index (χ4n) is 3.77. The summed E-state index contributed by atoms with van der Waals surface area (Å²) >= 11 is 0. The Bertz CT molecular complexity index is 1290. The van der Waals surface area contributed by atoms with Gasteiger partial charge in [-0.05, 0) is 67.3 Å². The minimum atomic E-state index is -1.13. The van der Waals surface area contributed by atoms with E-state index in [1.54, 1.807) is 24.3 Å². The SMILES string of the molecule is C=C/C(N)=C(C)\C=C/C/C=C/C(=O)C(C(=O)/C=C/c1ccc(OC)c(O)c1)C(NCC(C)=O)c1ccccc1.CC. The standard InChI is InChI=1S/C32H36N2O5.C2H6/c1-5-26(33)22(2)12-8-6-11-15-27(36)31(32(34-21-23(3)35)25-13-9-7-10-14-25)28(37)18-16-24-17-19-30(39-4)29(38)20-24;1-2/h5,7-20,31-32,34,38H,1,6,21,33H2,2-4H3;1-2H3/b12-8-,15-11+,18-16+,26-22+;. The Balaban J connectivity index is 0.00000411. The van der Waals surface area contributed by atoms with E-state index in [9.17, 15) is 19.5 Å². The number of carbonyl (C=O) groups is 3. The Morgan fingerprint density at radius 2 is 1.63 bits per heavy atom. The molecule has 0 aromatic heterocycles. The van der Waals surface area contributed by atoms with Crippen LogP contribution in [0.1, 0.15) is 51.3 Å². The summed E-state index contributed by atoms with van der Waals surface area (Å²) in [5.74, 6) is -1.87. The maximum atomic E-state index is 13.5. The average molecular weight is 559 g/mol. The van der Waals surface area contributed by atoms with Gasteiger partial charge >= 0.3 is 0 Å². The Hall–Kier alpha value is -4.49. The number of phenolic OH excluding ortho intramolecular Hbond substituents is 1. The van der Waals surface area contributed by atoms with Crippen molar-refractivity contribution in [3.8, 4) is 11.5 Å². The van der Waals surface area contributed by atoms with Crippen LogP contribution >= 0.6 is 0 Å². The van der Waals surface area contributed by atoms with Gasteiger partial charge in [0.1, 0.15) is 11.7 Å². The predicted molar refractivity (Wildman–Crippen MR) is 166 cm³/mol. The molecule has 0 aliphatic rings. The van der Waals surface area contributed by atoms with Crippen LogP contribution in [-0.2, 0) is 14.4 Å². The molecule has 0 radical (unpaired) electrons. The highest BCUT2D eigenvalue weighted by Crippen LogP contribution is 2.28. The molecule has 2 atom stereocenters. The molecule has 0 saturated heterocycles. The number of methoxy groups -OCH3 is 1. The molecule has 7 nitrogen and oxygen atoms in total.